The molecule has 5 heteroatoms. The molecule has 0 amide bonds. The van der Waals surface area contributed by atoms with E-state index >= 15 is 0 Å². The topological polar surface area (TPSA) is 21.7 Å². The summed E-state index contributed by atoms with van der Waals surface area (Å²) in [4.78, 5) is 2.42. The number of ether oxygens (including phenoxy) is 2. The molecule has 2 aliphatic rings. The lowest BCUT2D eigenvalue weighted by Gasteiger charge is -2.33. The number of halogens is 2. The van der Waals surface area contributed by atoms with Crippen molar-refractivity contribution in [1.82, 2.24) is 4.90 Å². The largest absolute Gasteiger partial charge is 0.491 e. The van der Waals surface area contributed by atoms with Gasteiger partial charge in [-0.05, 0) is 44.0 Å². The summed E-state index contributed by atoms with van der Waals surface area (Å²) in [5, 5.41) is 0.327. The number of hydrogen-bond donors (Lipinski definition) is 0. The molecule has 1 aromatic rings. The van der Waals surface area contributed by atoms with Crippen LogP contribution >= 0.6 is 11.6 Å². The van der Waals surface area contributed by atoms with E-state index in [2.05, 4.69) is 4.90 Å². The SMILES string of the molecule is Fc1ccc(OCCN2CCC3(CCCOC3)C2)c(Cl)c1. The van der Waals surface area contributed by atoms with Gasteiger partial charge in [-0.1, -0.05) is 11.6 Å². The predicted octanol–water partition coefficient (Wildman–Crippen LogP) is 3.36. The molecular weight excluding hydrogens is 293 g/mol. The summed E-state index contributed by atoms with van der Waals surface area (Å²) in [6, 6.07) is 4.23. The lowest BCUT2D eigenvalue weighted by molar-refractivity contribution is -0.00256. The third-order valence-corrected chi connectivity index (χ3v) is 4.78. The van der Waals surface area contributed by atoms with Gasteiger partial charge in [-0.15, -0.1) is 0 Å². The lowest BCUT2D eigenvalue weighted by atomic mass is 9.82. The van der Waals surface area contributed by atoms with Crippen molar-refractivity contribution in [3.05, 3.63) is 29.0 Å². The number of likely N-dealkylation sites (tertiary alicyclic amines) is 1. The van der Waals surface area contributed by atoms with Crippen molar-refractivity contribution in [3.63, 3.8) is 0 Å². The van der Waals surface area contributed by atoms with Gasteiger partial charge in [0.25, 0.3) is 0 Å². The molecule has 0 N–H and O–H groups in total. The Bertz CT molecular complexity index is 491. The standard InChI is InChI=1S/C16H21ClFNO2/c17-14-10-13(18)2-3-15(14)21-9-7-19-6-5-16(11-19)4-1-8-20-12-16/h2-3,10H,1,4-9,11-12H2. The fourth-order valence-electron chi connectivity index (χ4n) is 3.33. The maximum absolute atomic E-state index is 13.0. The van der Waals surface area contributed by atoms with Crippen LogP contribution in [0.5, 0.6) is 5.75 Å². The molecule has 1 aromatic carbocycles. The average Bonchev–Trinajstić information content (AvgIpc) is 2.85. The molecule has 0 aliphatic carbocycles. The second kappa shape index (κ2) is 6.51. The second-order valence-corrected chi connectivity index (χ2v) is 6.51. The zero-order valence-corrected chi connectivity index (χ0v) is 12.9. The molecule has 2 saturated heterocycles. The third kappa shape index (κ3) is 3.68. The molecule has 0 aromatic heterocycles. The van der Waals surface area contributed by atoms with E-state index in [1.54, 1.807) is 6.07 Å². The van der Waals surface area contributed by atoms with E-state index in [9.17, 15) is 4.39 Å². The molecule has 3 rings (SSSR count). The van der Waals surface area contributed by atoms with Crippen LogP contribution in [0.4, 0.5) is 4.39 Å². The lowest BCUT2D eigenvalue weighted by Crippen LogP contribution is -2.36. The van der Waals surface area contributed by atoms with Crippen LogP contribution in [0.3, 0.4) is 0 Å². The molecule has 116 valence electrons. The molecular formula is C16H21ClFNO2. The summed E-state index contributed by atoms with van der Waals surface area (Å²) in [6.07, 6.45) is 3.66. The molecule has 1 atom stereocenters. The van der Waals surface area contributed by atoms with Crippen LogP contribution < -0.4 is 4.74 Å². The molecule has 0 saturated carbocycles. The van der Waals surface area contributed by atoms with Gasteiger partial charge in [0.2, 0.25) is 0 Å². The van der Waals surface area contributed by atoms with Crippen molar-refractivity contribution in [2.45, 2.75) is 19.3 Å². The van der Waals surface area contributed by atoms with Crippen molar-refractivity contribution in [2.24, 2.45) is 5.41 Å². The monoisotopic (exact) mass is 313 g/mol. The molecule has 2 aliphatic heterocycles. The van der Waals surface area contributed by atoms with Gasteiger partial charge in [-0.2, -0.15) is 0 Å². The Morgan fingerprint density at radius 3 is 3.05 bits per heavy atom. The molecule has 2 fully saturated rings. The Kier molecular flexibility index (Phi) is 4.67. The normalized spacial score (nSPS) is 26.4. The van der Waals surface area contributed by atoms with Crippen LogP contribution in [0.25, 0.3) is 0 Å². The Morgan fingerprint density at radius 1 is 1.38 bits per heavy atom. The first-order chi connectivity index (χ1) is 10.2. The van der Waals surface area contributed by atoms with Gasteiger partial charge in [-0.3, -0.25) is 4.90 Å². The highest BCUT2D eigenvalue weighted by atomic mass is 35.5. The molecule has 2 heterocycles. The van der Waals surface area contributed by atoms with Gasteiger partial charge in [-0.25, -0.2) is 4.39 Å². The van der Waals surface area contributed by atoms with E-state index in [1.165, 1.54) is 31.4 Å². The van der Waals surface area contributed by atoms with Gasteiger partial charge in [0.1, 0.15) is 18.2 Å². The number of benzene rings is 1. The fourth-order valence-corrected chi connectivity index (χ4v) is 3.55. The summed E-state index contributed by atoms with van der Waals surface area (Å²) in [7, 11) is 0. The average molecular weight is 314 g/mol. The molecule has 3 nitrogen and oxygen atoms in total. The minimum Gasteiger partial charge on any atom is -0.491 e. The smallest absolute Gasteiger partial charge is 0.138 e. The van der Waals surface area contributed by atoms with Gasteiger partial charge in [0.05, 0.1) is 11.6 Å². The summed E-state index contributed by atoms with van der Waals surface area (Å²) < 4.78 is 24.3. The van der Waals surface area contributed by atoms with Gasteiger partial charge in [0.15, 0.2) is 0 Å². The van der Waals surface area contributed by atoms with Crippen LogP contribution in [0, 0.1) is 11.2 Å². The number of hydrogen-bond acceptors (Lipinski definition) is 3. The van der Waals surface area contributed by atoms with Crippen LogP contribution in [0.15, 0.2) is 18.2 Å². The Morgan fingerprint density at radius 2 is 2.29 bits per heavy atom. The van der Waals surface area contributed by atoms with Gasteiger partial charge >= 0.3 is 0 Å². The highest BCUT2D eigenvalue weighted by Gasteiger charge is 2.39. The molecule has 0 radical (unpaired) electrons. The van der Waals surface area contributed by atoms with Crippen molar-refractivity contribution in [1.29, 1.82) is 0 Å². The predicted molar refractivity (Wildman–Crippen MR) is 80.4 cm³/mol. The Hall–Kier alpha value is -0.840. The van der Waals surface area contributed by atoms with Gasteiger partial charge in [0, 0.05) is 25.1 Å². The summed E-state index contributed by atoms with van der Waals surface area (Å²) in [5.41, 5.74) is 0.367. The highest BCUT2D eigenvalue weighted by molar-refractivity contribution is 6.32. The zero-order chi connectivity index (χ0) is 14.7. The van der Waals surface area contributed by atoms with Gasteiger partial charge < -0.3 is 9.47 Å². The highest BCUT2D eigenvalue weighted by Crippen LogP contribution is 2.37. The molecule has 0 bridgehead atoms. The fraction of sp³-hybridized carbons (Fsp3) is 0.625. The van der Waals surface area contributed by atoms with E-state index < -0.39 is 0 Å². The van der Waals surface area contributed by atoms with E-state index in [4.69, 9.17) is 21.1 Å². The maximum atomic E-state index is 13.0. The van der Waals surface area contributed by atoms with Crippen LogP contribution in [0.2, 0.25) is 5.02 Å². The number of nitrogens with zero attached hydrogens (tertiary/aromatic N) is 1. The summed E-state index contributed by atoms with van der Waals surface area (Å²) in [6.45, 7) is 5.44. The minimum atomic E-state index is -0.342. The first-order valence-electron chi connectivity index (χ1n) is 7.55. The summed E-state index contributed by atoms with van der Waals surface area (Å²) in [5.74, 6) is 0.208. The second-order valence-electron chi connectivity index (χ2n) is 6.11. The van der Waals surface area contributed by atoms with Crippen molar-refractivity contribution in [2.75, 3.05) is 39.5 Å². The molecule has 1 spiro atoms. The first-order valence-corrected chi connectivity index (χ1v) is 7.93. The van der Waals surface area contributed by atoms with Crippen molar-refractivity contribution in [3.8, 4) is 5.75 Å². The van der Waals surface area contributed by atoms with E-state index in [0.717, 1.165) is 32.8 Å². The van der Waals surface area contributed by atoms with Crippen molar-refractivity contribution >= 4 is 11.6 Å². The minimum absolute atomic E-state index is 0.327. The molecule has 1 unspecified atom stereocenters. The van der Waals surface area contributed by atoms with Crippen LogP contribution in [-0.2, 0) is 4.74 Å². The Labute approximate surface area is 130 Å². The third-order valence-electron chi connectivity index (χ3n) is 4.48. The van der Waals surface area contributed by atoms with E-state index in [-0.39, 0.29) is 5.82 Å². The maximum Gasteiger partial charge on any atom is 0.138 e. The van der Waals surface area contributed by atoms with Crippen LogP contribution in [0.1, 0.15) is 19.3 Å². The zero-order valence-electron chi connectivity index (χ0n) is 12.1. The Balaban J connectivity index is 1.46. The van der Waals surface area contributed by atoms with E-state index in [0.29, 0.717) is 22.8 Å². The summed E-state index contributed by atoms with van der Waals surface area (Å²) >= 11 is 5.95. The van der Waals surface area contributed by atoms with Crippen molar-refractivity contribution < 1.29 is 13.9 Å². The first kappa shape index (κ1) is 15.1. The van der Waals surface area contributed by atoms with Crippen LogP contribution in [-0.4, -0.2) is 44.4 Å². The van der Waals surface area contributed by atoms with E-state index in [1.807, 2.05) is 0 Å². The quantitative estimate of drug-likeness (QED) is 0.851. The molecule has 21 heavy (non-hydrogen) atoms. The number of rotatable bonds is 4.